The summed E-state index contributed by atoms with van der Waals surface area (Å²) in [6, 6.07) is 9.11. The molecule has 0 amide bonds. The first-order chi connectivity index (χ1) is 13.8. The van der Waals surface area contributed by atoms with Crippen LogP contribution >= 0.6 is 43.2 Å². The lowest BCUT2D eigenvalue weighted by molar-refractivity contribution is 0.638. The van der Waals surface area contributed by atoms with Gasteiger partial charge in [-0.05, 0) is 101 Å². The topological polar surface area (TPSA) is 0 Å². The van der Waals surface area contributed by atoms with Gasteiger partial charge in [0.25, 0.3) is 0 Å². The van der Waals surface area contributed by atoms with E-state index in [4.69, 9.17) is 0 Å². The van der Waals surface area contributed by atoms with Crippen molar-refractivity contribution in [2.24, 2.45) is 5.92 Å². The highest BCUT2D eigenvalue weighted by molar-refractivity contribution is 9.11. The van der Waals surface area contributed by atoms with Crippen molar-refractivity contribution in [3.63, 3.8) is 0 Å². The number of rotatable bonds is 2. The van der Waals surface area contributed by atoms with Crippen LogP contribution in [0.4, 0.5) is 0 Å². The zero-order chi connectivity index (χ0) is 20.6. The van der Waals surface area contributed by atoms with E-state index in [1.807, 2.05) is 11.3 Å². The molecule has 5 rings (SSSR count). The second-order valence-electron chi connectivity index (χ2n) is 8.64. The molecule has 29 heavy (non-hydrogen) atoms. The summed E-state index contributed by atoms with van der Waals surface area (Å²) in [7, 11) is 0. The first-order valence-corrected chi connectivity index (χ1v) is 12.6. The Labute approximate surface area is 194 Å². The smallest absolute Gasteiger partial charge is 0.0365 e. The van der Waals surface area contributed by atoms with Gasteiger partial charge in [0.15, 0.2) is 0 Å². The third kappa shape index (κ3) is 2.80. The highest BCUT2D eigenvalue weighted by Crippen LogP contribution is 2.52. The van der Waals surface area contributed by atoms with E-state index in [0.29, 0.717) is 11.8 Å². The van der Waals surface area contributed by atoms with E-state index in [9.17, 15) is 0 Å². The van der Waals surface area contributed by atoms with Crippen LogP contribution in [0.15, 0.2) is 44.4 Å². The van der Waals surface area contributed by atoms with Crippen molar-refractivity contribution < 1.29 is 0 Å². The van der Waals surface area contributed by atoms with Crippen LogP contribution in [0.1, 0.15) is 59.4 Å². The lowest BCUT2D eigenvalue weighted by Crippen LogP contribution is -2.11. The number of allylic oxidation sites excluding steroid dienone is 3. The number of hydrogen-bond acceptors (Lipinski definition) is 1. The predicted octanol–water partition coefficient (Wildman–Crippen LogP) is 9.21. The van der Waals surface area contributed by atoms with Crippen molar-refractivity contribution in [1.82, 2.24) is 0 Å². The Morgan fingerprint density at radius 3 is 2.62 bits per heavy atom. The molecule has 0 bridgehead atoms. The minimum Gasteiger partial charge on any atom is -0.140 e. The minimum absolute atomic E-state index is 0.444. The van der Waals surface area contributed by atoms with Crippen LogP contribution in [-0.4, -0.2) is 0 Å². The first kappa shape index (κ1) is 19.8. The molecule has 0 aliphatic heterocycles. The number of benzene rings is 2. The minimum atomic E-state index is 0.444. The first-order valence-electron chi connectivity index (χ1n) is 10.2. The number of fused-ring (bicyclic) bond motifs is 3. The fourth-order valence-corrected chi connectivity index (χ4v) is 8.13. The van der Waals surface area contributed by atoms with Gasteiger partial charge in [-0.1, -0.05) is 52.2 Å². The van der Waals surface area contributed by atoms with E-state index >= 15 is 0 Å². The Morgan fingerprint density at radius 1 is 1.10 bits per heavy atom. The molecule has 0 radical (unpaired) electrons. The maximum Gasteiger partial charge on any atom is 0.0365 e. The summed E-state index contributed by atoms with van der Waals surface area (Å²) in [5.41, 5.74) is 11.7. The van der Waals surface area contributed by atoms with Crippen molar-refractivity contribution in [1.29, 1.82) is 0 Å². The molecule has 1 aromatic heterocycles. The van der Waals surface area contributed by atoms with Crippen LogP contribution in [0.25, 0.3) is 21.7 Å². The summed E-state index contributed by atoms with van der Waals surface area (Å²) in [5.74, 6) is 0.897. The van der Waals surface area contributed by atoms with Gasteiger partial charge in [-0.2, -0.15) is 0 Å². The van der Waals surface area contributed by atoms with Gasteiger partial charge in [0.2, 0.25) is 0 Å². The van der Waals surface area contributed by atoms with Gasteiger partial charge in [-0.25, -0.2) is 0 Å². The molecule has 0 nitrogen and oxygen atoms in total. The summed E-state index contributed by atoms with van der Waals surface area (Å²) in [6.07, 6.45) is 3.43. The monoisotopic (exact) mass is 526 g/mol. The van der Waals surface area contributed by atoms with Crippen molar-refractivity contribution in [3.8, 4) is 0 Å². The summed E-state index contributed by atoms with van der Waals surface area (Å²) in [6.45, 7) is 11.6. The van der Waals surface area contributed by atoms with E-state index < -0.39 is 0 Å². The zero-order valence-electron chi connectivity index (χ0n) is 17.4. The normalized spacial score (nSPS) is 19.0. The van der Waals surface area contributed by atoms with Crippen LogP contribution in [-0.2, 0) is 6.42 Å². The standard InChI is InChI=1S/C26H24Br2S/c1-12-9-18-17(7-6-8-21(18)27)23(12)15(4)24-13(2)10-20-19(24)11-22-25(26(20)28)14(3)16(5)29-22/h6-9,11,15,23H,10H2,1-5H3. The Balaban J connectivity index is 1.66. The molecule has 0 saturated carbocycles. The van der Waals surface area contributed by atoms with Gasteiger partial charge in [0, 0.05) is 29.8 Å². The summed E-state index contributed by atoms with van der Waals surface area (Å²) in [4.78, 5) is 1.42. The molecule has 2 aliphatic carbocycles. The highest BCUT2D eigenvalue weighted by atomic mass is 79.9. The number of hydrogen-bond donors (Lipinski definition) is 0. The third-order valence-corrected chi connectivity index (χ3v) is 9.65. The zero-order valence-corrected chi connectivity index (χ0v) is 21.4. The van der Waals surface area contributed by atoms with Crippen molar-refractivity contribution >= 4 is 64.9 Å². The lowest BCUT2D eigenvalue weighted by atomic mass is 9.78. The average molecular weight is 528 g/mol. The van der Waals surface area contributed by atoms with Crippen LogP contribution in [0, 0.1) is 19.8 Å². The predicted molar refractivity (Wildman–Crippen MR) is 135 cm³/mol. The summed E-state index contributed by atoms with van der Waals surface area (Å²) < 4.78 is 3.93. The van der Waals surface area contributed by atoms with E-state index in [1.165, 1.54) is 62.9 Å². The molecule has 2 unspecified atom stereocenters. The molecule has 0 saturated heterocycles. The van der Waals surface area contributed by atoms with Gasteiger partial charge in [0.05, 0.1) is 0 Å². The molecule has 2 aromatic carbocycles. The van der Waals surface area contributed by atoms with Gasteiger partial charge in [0.1, 0.15) is 0 Å². The van der Waals surface area contributed by atoms with E-state index in [0.717, 1.165) is 6.42 Å². The molecule has 0 spiro atoms. The van der Waals surface area contributed by atoms with Crippen LogP contribution in [0.2, 0.25) is 0 Å². The van der Waals surface area contributed by atoms with Crippen molar-refractivity contribution in [2.75, 3.05) is 0 Å². The second kappa shape index (κ2) is 6.93. The number of thiophene rings is 1. The Morgan fingerprint density at radius 2 is 1.86 bits per heavy atom. The lowest BCUT2D eigenvalue weighted by Gasteiger charge is -2.26. The third-order valence-electron chi connectivity index (χ3n) is 6.93. The molecule has 3 aromatic rings. The van der Waals surface area contributed by atoms with E-state index in [-0.39, 0.29) is 0 Å². The average Bonchev–Trinajstić information content (AvgIpc) is 3.27. The van der Waals surface area contributed by atoms with Crippen LogP contribution < -0.4 is 0 Å². The molecule has 148 valence electrons. The summed E-state index contributed by atoms with van der Waals surface area (Å²) >= 11 is 9.68. The molecule has 0 fully saturated rings. The fourth-order valence-electron chi connectivity index (χ4n) is 5.52. The number of halogens is 2. The molecule has 3 heteroatoms. The Kier molecular flexibility index (Phi) is 4.73. The van der Waals surface area contributed by atoms with E-state index in [1.54, 1.807) is 5.57 Å². The molecule has 0 N–H and O–H groups in total. The maximum atomic E-state index is 3.99. The molecular weight excluding hydrogens is 504 g/mol. The number of aryl methyl sites for hydroxylation is 2. The molecule has 2 atom stereocenters. The summed E-state index contributed by atoms with van der Waals surface area (Å²) in [5, 5.41) is 1.42. The Hall–Kier alpha value is -1.16. The van der Waals surface area contributed by atoms with Gasteiger partial charge >= 0.3 is 0 Å². The molecule has 2 aliphatic rings. The quantitative estimate of drug-likeness (QED) is 0.311. The van der Waals surface area contributed by atoms with Gasteiger partial charge < -0.3 is 0 Å². The van der Waals surface area contributed by atoms with Crippen LogP contribution in [0.5, 0.6) is 0 Å². The van der Waals surface area contributed by atoms with Gasteiger partial charge in [-0.3, -0.25) is 0 Å². The van der Waals surface area contributed by atoms with Crippen molar-refractivity contribution in [3.05, 3.63) is 77.1 Å². The Bertz CT molecular complexity index is 1260. The van der Waals surface area contributed by atoms with E-state index in [2.05, 4.69) is 96.8 Å². The highest BCUT2D eigenvalue weighted by Gasteiger charge is 2.35. The molecule has 1 heterocycles. The van der Waals surface area contributed by atoms with Crippen LogP contribution in [0.3, 0.4) is 0 Å². The SMILES string of the molecule is CC1=Cc2c(Br)cccc2C1C(C)C1=C(C)Cc2c1cc1sc(C)c(C)c1c2Br. The molecular formula is C26H24Br2S. The fraction of sp³-hybridized carbons (Fsp3) is 0.308. The van der Waals surface area contributed by atoms with Gasteiger partial charge in [-0.15, -0.1) is 11.3 Å². The second-order valence-corrected chi connectivity index (χ2v) is 11.5. The maximum absolute atomic E-state index is 3.99. The largest absolute Gasteiger partial charge is 0.140 e. The van der Waals surface area contributed by atoms with Crippen molar-refractivity contribution in [2.45, 2.75) is 47.0 Å².